The number of aryl methyl sites for hydroxylation is 1. The van der Waals surface area contributed by atoms with Gasteiger partial charge in [-0.3, -0.25) is 4.98 Å². The largest absolute Gasteiger partial charge is 0.506 e. The Labute approximate surface area is 98.0 Å². The molecule has 17 heavy (non-hydrogen) atoms. The maximum absolute atomic E-state index is 9.72. The van der Waals surface area contributed by atoms with E-state index in [4.69, 9.17) is 0 Å². The Bertz CT molecular complexity index is 688. The lowest BCUT2D eigenvalue weighted by Crippen LogP contribution is -1.82. The van der Waals surface area contributed by atoms with Crippen LogP contribution >= 0.6 is 0 Å². The first-order valence-corrected chi connectivity index (χ1v) is 5.34. The van der Waals surface area contributed by atoms with E-state index in [-0.39, 0.29) is 5.75 Å². The molecule has 0 radical (unpaired) electrons. The van der Waals surface area contributed by atoms with Gasteiger partial charge in [0.2, 0.25) is 0 Å². The molecule has 4 nitrogen and oxygen atoms in total. The Morgan fingerprint density at radius 2 is 2.12 bits per heavy atom. The number of rotatable bonds is 1. The highest BCUT2D eigenvalue weighted by Crippen LogP contribution is 2.27. The zero-order valence-electron chi connectivity index (χ0n) is 9.31. The molecule has 0 aliphatic carbocycles. The molecule has 0 saturated heterocycles. The molecule has 0 fully saturated rings. The van der Waals surface area contributed by atoms with Crippen LogP contribution in [0.25, 0.3) is 22.4 Å². The standard InChI is InChI=1S/C13H11N3O/c1-8-2-3-10-11(6-8)16-13(15-10)9-4-5-14-7-12(9)17/h2-7,17H,1H3,(H,15,16). The third-order valence-electron chi connectivity index (χ3n) is 2.69. The van der Waals surface area contributed by atoms with Crippen molar-refractivity contribution in [1.82, 2.24) is 15.0 Å². The van der Waals surface area contributed by atoms with Gasteiger partial charge in [0, 0.05) is 6.20 Å². The Kier molecular flexibility index (Phi) is 2.08. The number of aromatic nitrogens is 3. The predicted octanol–water partition coefficient (Wildman–Crippen LogP) is 2.64. The first-order chi connectivity index (χ1) is 8.24. The van der Waals surface area contributed by atoms with Gasteiger partial charge in [-0.05, 0) is 30.7 Å². The summed E-state index contributed by atoms with van der Waals surface area (Å²) >= 11 is 0. The number of hydrogen-bond acceptors (Lipinski definition) is 3. The fraction of sp³-hybridized carbons (Fsp3) is 0.0769. The number of hydrogen-bond donors (Lipinski definition) is 2. The van der Waals surface area contributed by atoms with Gasteiger partial charge in [0.05, 0.1) is 22.8 Å². The number of aromatic amines is 1. The van der Waals surface area contributed by atoms with Crippen molar-refractivity contribution in [2.75, 3.05) is 0 Å². The quantitative estimate of drug-likeness (QED) is 0.669. The predicted molar refractivity (Wildman–Crippen MR) is 65.7 cm³/mol. The third kappa shape index (κ3) is 1.63. The van der Waals surface area contributed by atoms with Crippen molar-refractivity contribution < 1.29 is 5.11 Å². The summed E-state index contributed by atoms with van der Waals surface area (Å²) in [5.41, 5.74) is 3.69. The van der Waals surface area contributed by atoms with E-state index in [1.54, 1.807) is 12.3 Å². The summed E-state index contributed by atoms with van der Waals surface area (Å²) in [4.78, 5) is 11.5. The number of aromatic hydroxyl groups is 1. The van der Waals surface area contributed by atoms with Crippen LogP contribution in [-0.2, 0) is 0 Å². The Balaban J connectivity index is 2.22. The molecule has 4 heteroatoms. The van der Waals surface area contributed by atoms with Crippen LogP contribution in [0.15, 0.2) is 36.7 Å². The minimum Gasteiger partial charge on any atom is -0.506 e. The first kappa shape index (κ1) is 9.84. The van der Waals surface area contributed by atoms with Crippen molar-refractivity contribution in [3.8, 4) is 17.1 Å². The molecule has 2 N–H and O–H groups in total. The summed E-state index contributed by atoms with van der Waals surface area (Å²) in [5, 5.41) is 9.72. The van der Waals surface area contributed by atoms with Crippen molar-refractivity contribution in [3.63, 3.8) is 0 Å². The minimum absolute atomic E-state index is 0.128. The van der Waals surface area contributed by atoms with Gasteiger partial charge in [-0.2, -0.15) is 0 Å². The molecule has 2 heterocycles. The van der Waals surface area contributed by atoms with Crippen molar-refractivity contribution >= 4 is 11.0 Å². The molecule has 0 amide bonds. The fourth-order valence-corrected chi connectivity index (χ4v) is 1.84. The second-order valence-electron chi connectivity index (χ2n) is 4.00. The molecule has 0 spiro atoms. The lowest BCUT2D eigenvalue weighted by molar-refractivity contribution is 0.474. The van der Waals surface area contributed by atoms with Gasteiger partial charge in [0.1, 0.15) is 11.6 Å². The monoisotopic (exact) mass is 225 g/mol. The van der Waals surface area contributed by atoms with Gasteiger partial charge >= 0.3 is 0 Å². The average molecular weight is 225 g/mol. The summed E-state index contributed by atoms with van der Waals surface area (Å²) in [6, 6.07) is 7.74. The maximum atomic E-state index is 9.72. The number of nitrogens with one attached hydrogen (secondary N) is 1. The lowest BCUT2D eigenvalue weighted by Gasteiger charge is -1.98. The summed E-state index contributed by atoms with van der Waals surface area (Å²) in [7, 11) is 0. The maximum Gasteiger partial charge on any atom is 0.144 e. The zero-order valence-corrected chi connectivity index (χ0v) is 9.31. The highest BCUT2D eigenvalue weighted by atomic mass is 16.3. The Morgan fingerprint density at radius 3 is 2.94 bits per heavy atom. The van der Waals surface area contributed by atoms with Crippen LogP contribution in [0.3, 0.4) is 0 Å². The number of imidazole rings is 1. The van der Waals surface area contributed by atoms with Gasteiger partial charge in [-0.15, -0.1) is 0 Å². The van der Waals surface area contributed by atoms with Crippen molar-refractivity contribution in [2.24, 2.45) is 0 Å². The fourth-order valence-electron chi connectivity index (χ4n) is 1.84. The molecule has 3 rings (SSSR count). The summed E-state index contributed by atoms with van der Waals surface area (Å²) < 4.78 is 0. The van der Waals surface area contributed by atoms with E-state index in [1.807, 2.05) is 25.1 Å². The summed E-state index contributed by atoms with van der Waals surface area (Å²) in [6.07, 6.45) is 3.04. The SMILES string of the molecule is Cc1ccc2nc(-c3ccncc3O)[nH]c2c1. The van der Waals surface area contributed by atoms with Crippen LogP contribution < -0.4 is 0 Å². The summed E-state index contributed by atoms with van der Waals surface area (Å²) in [6.45, 7) is 2.03. The Morgan fingerprint density at radius 1 is 1.24 bits per heavy atom. The molecule has 3 aromatic rings. The van der Waals surface area contributed by atoms with Crippen molar-refractivity contribution in [3.05, 3.63) is 42.2 Å². The van der Waals surface area contributed by atoms with Gasteiger partial charge in [0.25, 0.3) is 0 Å². The van der Waals surface area contributed by atoms with Crippen molar-refractivity contribution in [1.29, 1.82) is 0 Å². The van der Waals surface area contributed by atoms with Crippen molar-refractivity contribution in [2.45, 2.75) is 6.92 Å². The second-order valence-corrected chi connectivity index (χ2v) is 4.00. The van der Waals surface area contributed by atoms with E-state index in [2.05, 4.69) is 15.0 Å². The number of benzene rings is 1. The number of nitrogens with zero attached hydrogens (tertiary/aromatic N) is 2. The zero-order chi connectivity index (χ0) is 11.8. The normalized spacial score (nSPS) is 10.9. The summed E-state index contributed by atoms with van der Waals surface area (Å²) in [5.74, 6) is 0.786. The van der Waals surface area contributed by atoms with E-state index < -0.39 is 0 Å². The molecule has 84 valence electrons. The molecule has 0 aliphatic heterocycles. The molecular formula is C13H11N3O. The number of H-pyrrole nitrogens is 1. The minimum atomic E-state index is 0.128. The smallest absolute Gasteiger partial charge is 0.144 e. The highest BCUT2D eigenvalue weighted by Gasteiger charge is 2.08. The lowest BCUT2D eigenvalue weighted by atomic mass is 10.2. The Hall–Kier alpha value is -2.36. The molecule has 2 aromatic heterocycles. The van der Waals surface area contributed by atoms with Gasteiger partial charge in [-0.25, -0.2) is 4.98 Å². The number of pyridine rings is 1. The molecule has 0 bridgehead atoms. The second kappa shape index (κ2) is 3.59. The number of fused-ring (bicyclic) bond motifs is 1. The van der Waals surface area contributed by atoms with E-state index in [1.165, 1.54) is 11.8 Å². The van der Waals surface area contributed by atoms with Crippen LogP contribution in [0.1, 0.15) is 5.56 Å². The van der Waals surface area contributed by atoms with Gasteiger partial charge in [0.15, 0.2) is 0 Å². The van der Waals surface area contributed by atoms with E-state index in [0.29, 0.717) is 11.4 Å². The molecule has 0 saturated carbocycles. The average Bonchev–Trinajstić information content (AvgIpc) is 2.72. The molecule has 0 unspecified atom stereocenters. The molecule has 0 aliphatic rings. The van der Waals surface area contributed by atoms with Gasteiger partial charge < -0.3 is 10.1 Å². The van der Waals surface area contributed by atoms with E-state index in [9.17, 15) is 5.11 Å². The van der Waals surface area contributed by atoms with Crippen LogP contribution in [0.2, 0.25) is 0 Å². The third-order valence-corrected chi connectivity index (χ3v) is 2.69. The van der Waals surface area contributed by atoms with E-state index in [0.717, 1.165) is 11.0 Å². The van der Waals surface area contributed by atoms with Crippen LogP contribution in [-0.4, -0.2) is 20.1 Å². The molecule has 0 atom stereocenters. The van der Waals surface area contributed by atoms with Gasteiger partial charge in [-0.1, -0.05) is 6.07 Å². The highest BCUT2D eigenvalue weighted by molar-refractivity contribution is 5.80. The molecule has 1 aromatic carbocycles. The van der Waals surface area contributed by atoms with E-state index >= 15 is 0 Å². The van der Waals surface area contributed by atoms with Crippen LogP contribution in [0, 0.1) is 6.92 Å². The topological polar surface area (TPSA) is 61.8 Å². The van der Waals surface area contributed by atoms with Crippen LogP contribution in [0.4, 0.5) is 0 Å². The van der Waals surface area contributed by atoms with Crippen LogP contribution in [0.5, 0.6) is 5.75 Å². The molecular weight excluding hydrogens is 214 g/mol. The first-order valence-electron chi connectivity index (χ1n) is 5.34.